The van der Waals surface area contributed by atoms with Gasteiger partial charge in [-0.2, -0.15) is 0 Å². The third-order valence-corrected chi connectivity index (χ3v) is 4.46. The molecular weight excluding hydrogens is 368 g/mol. The van der Waals surface area contributed by atoms with Gasteiger partial charge >= 0.3 is 0 Å². The monoisotopic (exact) mass is 383 g/mol. The van der Waals surface area contributed by atoms with Gasteiger partial charge in [-0.05, 0) is 53.1 Å². The van der Waals surface area contributed by atoms with Crippen molar-refractivity contribution in [2.75, 3.05) is 12.4 Å². The minimum atomic E-state index is -0.216. The van der Waals surface area contributed by atoms with Crippen molar-refractivity contribution in [2.24, 2.45) is 0 Å². The van der Waals surface area contributed by atoms with Crippen molar-refractivity contribution in [3.8, 4) is 0 Å². The predicted molar refractivity (Wildman–Crippen MR) is 85.5 cm³/mol. The van der Waals surface area contributed by atoms with E-state index in [4.69, 9.17) is 4.98 Å². The van der Waals surface area contributed by atoms with Crippen molar-refractivity contribution in [2.45, 2.75) is 25.2 Å². The molecule has 0 bridgehead atoms. The Morgan fingerprint density at radius 3 is 2.55 bits per heavy atom. The topological polar surface area (TPSA) is 37.8 Å². The first-order valence-corrected chi connectivity index (χ1v) is 7.73. The maximum absolute atomic E-state index is 12.9. The zero-order valence-corrected chi connectivity index (χ0v) is 13.3. The number of aromatic nitrogens is 2. The van der Waals surface area contributed by atoms with Crippen LogP contribution in [0.2, 0.25) is 0 Å². The molecule has 1 saturated carbocycles. The Labute approximate surface area is 131 Å². The van der Waals surface area contributed by atoms with Crippen molar-refractivity contribution in [1.29, 1.82) is 0 Å². The Morgan fingerprint density at radius 2 is 1.95 bits per heavy atom. The van der Waals surface area contributed by atoms with Gasteiger partial charge in [0, 0.05) is 19.4 Å². The number of nitrogens with zero attached hydrogens (tertiary/aromatic N) is 2. The molecule has 3 nitrogen and oxygen atoms in total. The summed E-state index contributed by atoms with van der Waals surface area (Å²) in [5.41, 5.74) is 2.18. The molecule has 0 aliphatic heterocycles. The number of halogens is 2. The van der Waals surface area contributed by atoms with Crippen LogP contribution in [0.1, 0.15) is 35.8 Å². The lowest BCUT2D eigenvalue weighted by molar-refractivity contribution is 0.627. The van der Waals surface area contributed by atoms with Gasteiger partial charge in [-0.3, -0.25) is 0 Å². The van der Waals surface area contributed by atoms with Gasteiger partial charge in [0.2, 0.25) is 0 Å². The number of hydrogen-bond donors (Lipinski definition) is 1. The highest BCUT2D eigenvalue weighted by Gasteiger charge is 2.29. The fourth-order valence-corrected chi connectivity index (χ4v) is 3.12. The molecule has 0 amide bonds. The third-order valence-electron chi connectivity index (χ3n) is 3.40. The number of rotatable bonds is 4. The van der Waals surface area contributed by atoms with Gasteiger partial charge in [0.1, 0.15) is 17.5 Å². The van der Waals surface area contributed by atoms with Gasteiger partial charge < -0.3 is 5.32 Å². The van der Waals surface area contributed by atoms with Crippen LogP contribution < -0.4 is 5.32 Å². The molecule has 1 fully saturated rings. The Kier molecular flexibility index (Phi) is 3.87. The highest BCUT2D eigenvalue weighted by molar-refractivity contribution is 14.1. The van der Waals surface area contributed by atoms with E-state index in [1.165, 1.54) is 25.0 Å². The van der Waals surface area contributed by atoms with Crippen molar-refractivity contribution >= 4 is 28.4 Å². The van der Waals surface area contributed by atoms with E-state index < -0.39 is 0 Å². The summed E-state index contributed by atoms with van der Waals surface area (Å²) in [6, 6.07) is 6.52. The van der Waals surface area contributed by atoms with Crippen molar-refractivity contribution < 1.29 is 4.39 Å². The van der Waals surface area contributed by atoms with Crippen LogP contribution in [0.3, 0.4) is 0 Å². The Morgan fingerprint density at radius 1 is 1.25 bits per heavy atom. The van der Waals surface area contributed by atoms with E-state index in [1.54, 1.807) is 12.1 Å². The molecule has 1 aromatic carbocycles. The quantitative estimate of drug-likeness (QED) is 0.818. The molecule has 1 N–H and O–H groups in total. The maximum atomic E-state index is 12.9. The lowest BCUT2D eigenvalue weighted by atomic mass is 10.1. The van der Waals surface area contributed by atoms with Gasteiger partial charge in [0.05, 0.1) is 9.26 Å². The van der Waals surface area contributed by atoms with Crippen LogP contribution in [0, 0.1) is 9.39 Å². The summed E-state index contributed by atoms with van der Waals surface area (Å²) in [5.74, 6) is 2.05. The SMILES string of the molecule is CNc1nc(Cc2ccc(F)cc2)nc(C2CC2)c1I. The zero-order valence-electron chi connectivity index (χ0n) is 11.2. The molecule has 20 heavy (non-hydrogen) atoms. The minimum absolute atomic E-state index is 0.216. The second-order valence-corrected chi connectivity index (χ2v) is 6.09. The first kappa shape index (κ1) is 13.7. The van der Waals surface area contributed by atoms with Gasteiger partial charge in [-0.1, -0.05) is 12.1 Å². The maximum Gasteiger partial charge on any atom is 0.143 e. The molecule has 0 radical (unpaired) electrons. The molecule has 1 aliphatic carbocycles. The molecular formula is C15H15FIN3. The molecule has 1 heterocycles. The van der Waals surface area contributed by atoms with Crippen molar-refractivity contribution in [1.82, 2.24) is 9.97 Å². The number of anilines is 1. The zero-order chi connectivity index (χ0) is 14.1. The summed E-state index contributed by atoms with van der Waals surface area (Å²) in [5, 5.41) is 3.13. The number of hydrogen-bond acceptors (Lipinski definition) is 3. The van der Waals surface area contributed by atoms with Gasteiger partial charge in [-0.25, -0.2) is 14.4 Å². The Balaban J connectivity index is 1.92. The Hall–Kier alpha value is -1.24. The summed E-state index contributed by atoms with van der Waals surface area (Å²) in [6.45, 7) is 0. The number of benzene rings is 1. The van der Waals surface area contributed by atoms with E-state index in [9.17, 15) is 4.39 Å². The summed E-state index contributed by atoms with van der Waals surface area (Å²) in [7, 11) is 1.88. The molecule has 1 aliphatic rings. The summed E-state index contributed by atoms with van der Waals surface area (Å²) < 4.78 is 14.1. The molecule has 0 unspecified atom stereocenters. The molecule has 3 rings (SSSR count). The van der Waals surface area contributed by atoms with E-state index in [1.807, 2.05) is 7.05 Å². The second kappa shape index (κ2) is 5.63. The minimum Gasteiger partial charge on any atom is -0.372 e. The first-order chi connectivity index (χ1) is 9.67. The molecule has 0 spiro atoms. The van der Waals surface area contributed by atoms with E-state index in [0.717, 1.165) is 26.5 Å². The number of nitrogens with one attached hydrogen (secondary N) is 1. The van der Waals surface area contributed by atoms with Crippen LogP contribution in [0.5, 0.6) is 0 Å². The fourth-order valence-electron chi connectivity index (χ4n) is 2.17. The highest BCUT2D eigenvalue weighted by Crippen LogP contribution is 2.42. The Bertz CT molecular complexity index is 624. The summed E-state index contributed by atoms with van der Waals surface area (Å²) in [6.07, 6.45) is 3.06. The van der Waals surface area contributed by atoms with Crippen LogP contribution in [-0.4, -0.2) is 17.0 Å². The van der Waals surface area contributed by atoms with Gasteiger partial charge in [0.25, 0.3) is 0 Å². The smallest absolute Gasteiger partial charge is 0.143 e. The summed E-state index contributed by atoms with van der Waals surface area (Å²) >= 11 is 2.31. The van der Waals surface area contributed by atoms with Crippen molar-refractivity contribution in [3.05, 3.63) is 50.7 Å². The second-order valence-electron chi connectivity index (χ2n) is 5.02. The average Bonchev–Trinajstić information content (AvgIpc) is 3.27. The molecule has 2 aromatic rings. The molecule has 104 valence electrons. The lowest BCUT2D eigenvalue weighted by Crippen LogP contribution is -2.07. The third kappa shape index (κ3) is 2.92. The van der Waals surface area contributed by atoms with Crippen LogP contribution in [-0.2, 0) is 6.42 Å². The molecule has 0 saturated heterocycles. The summed E-state index contributed by atoms with van der Waals surface area (Å²) in [4.78, 5) is 9.26. The van der Waals surface area contributed by atoms with Crippen LogP contribution >= 0.6 is 22.6 Å². The van der Waals surface area contributed by atoms with E-state index in [2.05, 4.69) is 32.9 Å². The molecule has 0 atom stereocenters. The highest BCUT2D eigenvalue weighted by atomic mass is 127. The van der Waals surface area contributed by atoms with Crippen LogP contribution in [0.25, 0.3) is 0 Å². The van der Waals surface area contributed by atoms with E-state index >= 15 is 0 Å². The normalized spacial score (nSPS) is 14.3. The van der Waals surface area contributed by atoms with Crippen molar-refractivity contribution in [3.63, 3.8) is 0 Å². The van der Waals surface area contributed by atoms with E-state index in [0.29, 0.717) is 12.3 Å². The largest absolute Gasteiger partial charge is 0.372 e. The van der Waals surface area contributed by atoms with E-state index in [-0.39, 0.29) is 5.82 Å². The standard InChI is InChI=1S/C15H15FIN3/c1-18-15-13(17)14(10-4-5-10)19-12(20-15)8-9-2-6-11(16)7-3-9/h2-3,6-7,10H,4-5,8H2,1H3,(H,18,19,20). The average molecular weight is 383 g/mol. The van der Waals surface area contributed by atoms with Gasteiger partial charge in [-0.15, -0.1) is 0 Å². The first-order valence-electron chi connectivity index (χ1n) is 6.66. The predicted octanol–water partition coefficient (Wildman–Crippen LogP) is 3.73. The molecule has 5 heteroatoms. The molecule has 1 aromatic heterocycles. The fraction of sp³-hybridized carbons (Fsp3) is 0.333. The van der Waals surface area contributed by atoms with Crippen LogP contribution in [0.15, 0.2) is 24.3 Å². The van der Waals surface area contributed by atoms with Crippen LogP contribution in [0.4, 0.5) is 10.2 Å². The lowest BCUT2D eigenvalue weighted by Gasteiger charge is -2.10. The van der Waals surface area contributed by atoms with Gasteiger partial charge in [0.15, 0.2) is 0 Å².